The molecule has 0 N–H and O–H groups in total. The molecule has 2 atom stereocenters. The number of unbranched alkanes of at least 4 members (excludes halogenated alkanes) is 8. The zero-order valence-corrected chi connectivity index (χ0v) is 70.7. The third-order valence-electron chi connectivity index (χ3n) is 23.4. The summed E-state index contributed by atoms with van der Waals surface area (Å²) in [6, 6.07) is 93.3. The van der Waals surface area contributed by atoms with Crippen molar-refractivity contribution in [3.05, 3.63) is 302 Å². The molecule has 10 nitrogen and oxygen atoms in total. The Bertz CT molecular complexity index is 4860. The molecule has 0 amide bonds. The minimum absolute atomic E-state index is 0.278. The van der Waals surface area contributed by atoms with Crippen molar-refractivity contribution < 1.29 is 28.4 Å². The Morgan fingerprint density at radius 2 is 0.629 bits per heavy atom. The first kappa shape index (κ1) is 84.0. The van der Waals surface area contributed by atoms with E-state index in [-0.39, 0.29) is 5.41 Å². The van der Waals surface area contributed by atoms with Gasteiger partial charge in [-0.1, -0.05) is 205 Å². The van der Waals surface area contributed by atoms with Crippen LogP contribution in [0.4, 0.5) is 62.6 Å². The lowest BCUT2D eigenvalue weighted by atomic mass is 9.70. The molecule has 0 bridgehead atoms. The van der Waals surface area contributed by atoms with Gasteiger partial charge in [0, 0.05) is 73.7 Å². The number of allylic oxidation sites excluding steroid dienone is 3. The maximum atomic E-state index is 6.63. The van der Waals surface area contributed by atoms with Crippen LogP contribution < -0.4 is 43.3 Å². The molecule has 0 aliphatic heterocycles. The van der Waals surface area contributed by atoms with Gasteiger partial charge in [0.2, 0.25) is 0 Å². The van der Waals surface area contributed by atoms with Crippen molar-refractivity contribution in [2.75, 3.05) is 61.3 Å². The molecule has 602 valence electrons. The zero-order valence-electron chi connectivity index (χ0n) is 70.7. The lowest BCUT2D eigenvalue weighted by Crippen LogP contribution is -2.26. The summed E-state index contributed by atoms with van der Waals surface area (Å²) in [5, 5.41) is 0. The minimum atomic E-state index is -0.278. The second kappa shape index (κ2) is 41.8. The third kappa shape index (κ3) is 20.5. The first-order valence-corrected chi connectivity index (χ1v) is 42.8. The van der Waals surface area contributed by atoms with Crippen LogP contribution >= 0.6 is 0 Å². The van der Waals surface area contributed by atoms with Crippen LogP contribution in [0.3, 0.4) is 0 Å². The van der Waals surface area contributed by atoms with Gasteiger partial charge in [0.05, 0.1) is 41.7 Å². The first-order valence-electron chi connectivity index (χ1n) is 42.8. The van der Waals surface area contributed by atoms with Crippen LogP contribution in [0.25, 0.3) is 33.4 Å². The molecule has 1 aliphatic rings. The molecule has 0 saturated heterocycles. The van der Waals surface area contributed by atoms with E-state index in [1.165, 1.54) is 99.3 Å². The van der Waals surface area contributed by atoms with Gasteiger partial charge in [-0.25, -0.2) is 0 Å². The number of anilines is 11. The lowest BCUT2D eigenvalue weighted by molar-refractivity contribution is 0.233. The molecule has 116 heavy (non-hydrogen) atoms. The Balaban J connectivity index is 0.939. The minimum Gasteiger partial charge on any atom is -0.497 e. The summed E-state index contributed by atoms with van der Waals surface area (Å²) in [7, 11) is 6.75. The van der Waals surface area contributed by atoms with E-state index in [9.17, 15) is 0 Å². The van der Waals surface area contributed by atoms with Crippen LogP contribution in [0.15, 0.2) is 291 Å². The van der Waals surface area contributed by atoms with Crippen LogP contribution in [0.5, 0.6) is 28.7 Å². The number of rotatable bonds is 44. The molecule has 0 saturated carbocycles. The Hall–Kier alpha value is -11.4. The molecule has 0 spiro atoms. The van der Waals surface area contributed by atoms with Gasteiger partial charge in [0.25, 0.3) is 0 Å². The highest BCUT2D eigenvalue weighted by Gasteiger charge is 2.43. The van der Waals surface area contributed by atoms with Crippen LogP contribution in [0.2, 0.25) is 0 Å². The van der Waals surface area contributed by atoms with E-state index in [1.54, 1.807) is 28.4 Å². The van der Waals surface area contributed by atoms with Gasteiger partial charge in [0.1, 0.15) is 34.5 Å². The fraction of sp³-hybridized carbons (Fsp3) is 0.321. The van der Waals surface area contributed by atoms with Gasteiger partial charge >= 0.3 is 0 Å². The number of ether oxygens (including phenoxy) is 6. The van der Waals surface area contributed by atoms with Crippen LogP contribution in [0.1, 0.15) is 175 Å². The topological polar surface area (TPSA) is 68.3 Å². The molecule has 0 radical (unpaired) electrons. The summed E-state index contributed by atoms with van der Waals surface area (Å²) in [5.74, 6) is 5.83. The molecule has 0 heterocycles. The van der Waals surface area contributed by atoms with Crippen molar-refractivity contribution in [2.45, 2.75) is 169 Å². The first-order chi connectivity index (χ1) is 56.9. The number of hydrogen-bond donors (Lipinski definition) is 0. The largest absolute Gasteiger partial charge is 0.497 e. The van der Waals surface area contributed by atoms with Crippen molar-refractivity contribution >= 4 is 62.6 Å². The van der Waals surface area contributed by atoms with Gasteiger partial charge < -0.3 is 48.0 Å². The monoisotopic (exact) mass is 1550 g/mol. The summed E-state index contributed by atoms with van der Waals surface area (Å²) in [5.41, 5.74) is 22.3. The number of hydrogen-bond acceptors (Lipinski definition) is 10. The highest BCUT2D eigenvalue weighted by atomic mass is 16.5. The van der Waals surface area contributed by atoms with Crippen LogP contribution in [-0.4, -0.2) is 41.7 Å². The molecular weight excluding hydrogens is 1430 g/mol. The van der Waals surface area contributed by atoms with Gasteiger partial charge in [0.15, 0.2) is 0 Å². The molecule has 11 aromatic carbocycles. The van der Waals surface area contributed by atoms with Crippen molar-refractivity contribution in [3.63, 3.8) is 0 Å². The van der Waals surface area contributed by atoms with Gasteiger partial charge in [-0.2, -0.15) is 0 Å². The van der Waals surface area contributed by atoms with Gasteiger partial charge in [-0.15, -0.1) is 0 Å². The van der Waals surface area contributed by atoms with Crippen molar-refractivity contribution in [1.29, 1.82) is 0 Å². The average molecular weight is 1550 g/mol. The van der Waals surface area contributed by atoms with E-state index in [0.717, 1.165) is 158 Å². The van der Waals surface area contributed by atoms with Gasteiger partial charge in [-0.05, 0) is 295 Å². The Labute approximate surface area is 693 Å². The van der Waals surface area contributed by atoms with E-state index >= 15 is 0 Å². The fourth-order valence-electron chi connectivity index (χ4n) is 16.5. The maximum absolute atomic E-state index is 6.63. The smallest absolute Gasteiger partial charge is 0.119 e. The van der Waals surface area contributed by atoms with Crippen molar-refractivity contribution in [2.24, 2.45) is 11.8 Å². The molecule has 0 aromatic heterocycles. The summed E-state index contributed by atoms with van der Waals surface area (Å²) >= 11 is 0. The molecule has 2 unspecified atom stereocenters. The van der Waals surface area contributed by atoms with E-state index in [4.69, 9.17) is 28.4 Å². The van der Waals surface area contributed by atoms with Crippen molar-refractivity contribution in [1.82, 2.24) is 0 Å². The fourth-order valence-corrected chi connectivity index (χ4v) is 16.5. The van der Waals surface area contributed by atoms with E-state index in [2.05, 4.69) is 299 Å². The summed E-state index contributed by atoms with van der Waals surface area (Å²) in [6.45, 7) is 21.3. The van der Waals surface area contributed by atoms with Crippen LogP contribution in [-0.2, 0) is 10.2 Å². The maximum Gasteiger partial charge on any atom is 0.119 e. The van der Waals surface area contributed by atoms with E-state index < -0.39 is 0 Å². The summed E-state index contributed by atoms with van der Waals surface area (Å²) in [4.78, 5) is 9.44. The van der Waals surface area contributed by atoms with Crippen LogP contribution in [0, 0.1) is 11.8 Å². The highest BCUT2D eigenvalue weighted by Crippen LogP contribution is 2.58. The Kier molecular flexibility index (Phi) is 30.3. The predicted octanol–water partition coefficient (Wildman–Crippen LogP) is 30.6. The normalized spacial score (nSPS) is 12.7. The highest BCUT2D eigenvalue weighted by molar-refractivity contribution is 5.90. The van der Waals surface area contributed by atoms with Gasteiger partial charge in [-0.3, -0.25) is 0 Å². The molecule has 12 rings (SSSR count). The van der Waals surface area contributed by atoms with Crippen molar-refractivity contribution in [3.8, 4) is 62.1 Å². The Morgan fingerprint density at radius 1 is 0.336 bits per heavy atom. The number of methoxy groups -OCH3 is 4. The molecule has 10 heteroatoms. The third-order valence-corrected chi connectivity index (χ3v) is 23.4. The molecule has 11 aromatic rings. The standard InChI is InChI=1S/C106H122N4O6/c1-13-20-24-26-72-106(73-27-25-21-14-2)104-74-95(109(93-54-66-100(67-55-93)115-76-79(17-5)28-22-15-3)88-44-35-83(36-45-88)81-31-40-86(41-32-81)107(85(19-7)39-30-78(8)111-9)90-48-60-97(112-10)61-49-90)58-70-102(104)103-71-59-96(75-105(103)106)110(94-56-68-101(69-57-94)116-77-80(18-6)29-23-16-4)89-46-37-84(38-47-89)82-33-42-87(43-34-82)108(91-50-62-98(113-11)63-51-91)92-52-64-99(114-12)65-53-92/h19,30-71,74-75,79-80H,8,13-18,20-29,72-73,76-77H2,1-7,9-12H3. The SMILES string of the molecule is C=C(C=CC(=CC)N(c1ccc(OC)cc1)c1ccc(-c2ccc(N(c3ccc(OCC(CC)CCCC)cc3)c3ccc4c(c3)C(CCCCCC)(CCCCCC)c3cc(N(c5ccc(OCC(CC)CCCC)cc5)c5ccc(-c6ccc(N(c7ccc(OC)cc7)c7ccc(OC)cc7)cc6)cc5)ccc3-4)cc2)cc1)OC. The second-order valence-corrected chi connectivity index (χ2v) is 30.9. The zero-order chi connectivity index (χ0) is 81.2. The number of nitrogens with zero attached hydrogens (tertiary/aromatic N) is 4. The Morgan fingerprint density at radius 3 is 0.931 bits per heavy atom. The number of fused-ring (bicyclic) bond motifs is 3. The van der Waals surface area contributed by atoms with E-state index in [1.807, 2.05) is 48.6 Å². The average Bonchev–Trinajstić information content (AvgIpc) is 1.55. The molecular formula is C106H122N4O6. The summed E-state index contributed by atoms with van der Waals surface area (Å²) < 4.78 is 35.4. The van der Waals surface area contributed by atoms with E-state index in [0.29, 0.717) is 30.8 Å². The number of benzene rings is 11. The second-order valence-electron chi connectivity index (χ2n) is 30.9. The predicted molar refractivity (Wildman–Crippen MR) is 490 cm³/mol. The molecule has 0 fully saturated rings. The lowest BCUT2D eigenvalue weighted by Gasteiger charge is -2.35. The quantitative estimate of drug-likeness (QED) is 0.0210. The summed E-state index contributed by atoms with van der Waals surface area (Å²) in [6.07, 6.45) is 26.9. The molecule has 1 aliphatic carbocycles.